The second-order valence-corrected chi connectivity index (χ2v) is 7.50. The molecule has 6 heteroatoms. The van der Waals surface area contributed by atoms with Gasteiger partial charge in [-0.15, -0.1) is 11.3 Å². The Hall–Kier alpha value is -0.880. The largest absolute Gasteiger partial charge is 0.350 e. The van der Waals surface area contributed by atoms with Crippen LogP contribution in [-0.4, -0.2) is 23.4 Å². The molecule has 1 aromatic heterocycles. The molecule has 1 unspecified atom stereocenters. The van der Waals surface area contributed by atoms with Gasteiger partial charge in [0.25, 0.3) is 5.91 Å². The maximum absolute atomic E-state index is 11.8. The van der Waals surface area contributed by atoms with E-state index in [0.717, 1.165) is 3.79 Å². The standard InChI is InChI=1S/C12H17BrN2O2S/c1-7(10(16)15-12(2,3)4)14-11(17)8-5-6-9(13)18-8/h5-7H,1-4H3,(H,14,17)(H,15,16). The van der Waals surface area contributed by atoms with Gasteiger partial charge < -0.3 is 10.6 Å². The molecule has 1 aromatic rings. The minimum Gasteiger partial charge on any atom is -0.350 e. The van der Waals surface area contributed by atoms with Gasteiger partial charge in [-0.1, -0.05) is 0 Å². The number of hydrogen-bond donors (Lipinski definition) is 2. The Labute approximate surface area is 119 Å². The van der Waals surface area contributed by atoms with Crippen molar-refractivity contribution in [2.45, 2.75) is 39.3 Å². The zero-order chi connectivity index (χ0) is 13.9. The van der Waals surface area contributed by atoms with Crippen LogP contribution in [-0.2, 0) is 4.79 Å². The molecular weight excluding hydrogens is 316 g/mol. The fourth-order valence-electron chi connectivity index (χ4n) is 1.25. The first-order valence-electron chi connectivity index (χ1n) is 5.57. The highest BCUT2D eigenvalue weighted by molar-refractivity contribution is 9.11. The maximum atomic E-state index is 11.8. The molecule has 0 bridgehead atoms. The Kier molecular flexibility index (Phi) is 4.92. The van der Waals surface area contributed by atoms with Crippen molar-refractivity contribution >= 4 is 39.1 Å². The van der Waals surface area contributed by atoms with E-state index in [0.29, 0.717) is 4.88 Å². The highest BCUT2D eigenvalue weighted by atomic mass is 79.9. The Morgan fingerprint density at radius 3 is 2.39 bits per heavy atom. The molecule has 18 heavy (non-hydrogen) atoms. The van der Waals surface area contributed by atoms with E-state index < -0.39 is 6.04 Å². The molecule has 0 saturated carbocycles. The van der Waals surface area contributed by atoms with E-state index in [4.69, 9.17) is 0 Å². The molecule has 0 aliphatic rings. The van der Waals surface area contributed by atoms with Crippen molar-refractivity contribution in [3.05, 3.63) is 20.8 Å². The van der Waals surface area contributed by atoms with E-state index in [9.17, 15) is 9.59 Å². The molecule has 0 aliphatic heterocycles. The van der Waals surface area contributed by atoms with E-state index in [-0.39, 0.29) is 17.4 Å². The lowest BCUT2D eigenvalue weighted by molar-refractivity contribution is -0.124. The molecular formula is C12H17BrN2O2S. The first kappa shape index (κ1) is 15.2. The SMILES string of the molecule is CC(NC(=O)c1ccc(Br)s1)C(=O)NC(C)(C)C. The van der Waals surface area contributed by atoms with Gasteiger partial charge in [0.15, 0.2) is 0 Å². The van der Waals surface area contributed by atoms with Gasteiger partial charge in [-0.2, -0.15) is 0 Å². The number of carbonyl (C=O) groups excluding carboxylic acids is 2. The van der Waals surface area contributed by atoms with Crippen molar-refractivity contribution in [2.75, 3.05) is 0 Å². The summed E-state index contributed by atoms with van der Waals surface area (Å²) in [6.07, 6.45) is 0. The summed E-state index contributed by atoms with van der Waals surface area (Å²) in [4.78, 5) is 24.2. The van der Waals surface area contributed by atoms with Crippen LogP contribution in [0.3, 0.4) is 0 Å². The lowest BCUT2D eigenvalue weighted by atomic mass is 10.1. The Bertz CT molecular complexity index is 451. The minimum absolute atomic E-state index is 0.188. The second-order valence-electron chi connectivity index (χ2n) is 5.04. The Morgan fingerprint density at radius 2 is 1.94 bits per heavy atom. The van der Waals surface area contributed by atoms with E-state index in [2.05, 4.69) is 26.6 Å². The summed E-state index contributed by atoms with van der Waals surface area (Å²) >= 11 is 4.63. The minimum atomic E-state index is -0.558. The molecule has 2 amide bonds. The highest BCUT2D eigenvalue weighted by Gasteiger charge is 2.21. The molecule has 100 valence electrons. The smallest absolute Gasteiger partial charge is 0.262 e. The van der Waals surface area contributed by atoms with Crippen LogP contribution >= 0.6 is 27.3 Å². The van der Waals surface area contributed by atoms with Gasteiger partial charge in [-0.3, -0.25) is 9.59 Å². The molecule has 1 atom stereocenters. The lowest BCUT2D eigenvalue weighted by Crippen LogP contribution is -2.50. The summed E-state index contributed by atoms with van der Waals surface area (Å²) < 4.78 is 0.888. The van der Waals surface area contributed by atoms with Crippen LogP contribution in [0.2, 0.25) is 0 Å². The van der Waals surface area contributed by atoms with Gasteiger partial charge >= 0.3 is 0 Å². The fraction of sp³-hybridized carbons (Fsp3) is 0.500. The first-order valence-corrected chi connectivity index (χ1v) is 7.18. The number of amides is 2. The van der Waals surface area contributed by atoms with Crippen LogP contribution < -0.4 is 10.6 Å². The number of carbonyl (C=O) groups is 2. The van der Waals surface area contributed by atoms with Gasteiger partial charge in [-0.05, 0) is 55.8 Å². The number of nitrogens with one attached hydrogen (secondary N) is 2. The van der Waals surface area contributed by atoms with Gasteiger partial charge in [-0.25, -0.2) is 0 Å². The molecule has 0 aromatic carbocycles. The van der Waals surface area contributed by atoms with Crippen molar-refractivity contribution in [1.82, 2.24) is 10.6 Å². The average molecular weight is 333 g/mol. The molecule has 4 nitrogen and oxygen atoms in total. The second kappa shape index (κ2) is 5.84. The molecule has 0 saturated heterocycles. The lowest BCUT2D eigenvalue weighted by Gasteiger charge is -2.23. The topological polar surface area (TPSA) is 58.2 Å². The molecule has 1 heterocycles. The zero-order valence-electron chi connectivity index (χ0n) is 10.8. The fourth-order valence-corrected chi connectivity index (χ4v) is 2.54. The molecule has 0 radical (unpaired) electrons. The molecule has 0 spiro atoms. The predicted molar refractivity (Wildman–Crippen MR) is 76.8 cm³/mol. The molecule has 0 fully saturated rings. The number of rotatable bonds is 3. The van der Waals surface area contributed by atoms with Crippen molar-refractivity contribution in [2.24, 2.45) is 0 Å². The molecule has 0 aliphatic carbocycles. The van der Waals surface area contributed by atoms with Crippen molar-refractivity contribution in [3.8, 4) is 0 Å². The number of thiophene rings is 1. The van der Waals surface area contributed by atoms with Crippen LogP contribution in [0.1, 0.15) is 37.4 Å². The van der Waals surface area contributed by atoms with Gasteiger partial charge in [0.05, 0.1) is 8.66 Å². The third-order valence-electron chi connectivity index (χ3n) is 2.04. The predicted octanol–water partition coefficient (Wildman–Crippen LogP) is 2.54. The third-order valence-corrected chi connectivity index (χ3v) is 3.66. The molecule has 1 rings (SSSR count). The van der Waals surface area contributed by atoms with Gasteiger partial charge in [0.2, 0.25) is 5.91 Å². The van der Waals surface area contributed by atoms with Crippen molar-refractivity contribution in [3.63, 3.8) is 0 Å². The van der Waals surface area contributed by atoms with Crippen LogP contribution in [0.5, 0.6) is 0 Å². The van der Waals surface area contributed by atoms with Crippen LogP contribution in [0.25, 0.3) is 0 Å². The van der Waals surface area contributed by atoms with E-state index in [1.165, 1.54) is 11.3 Å². The Morgan fingerprint density at radius 1 is 1.33 bits per heavy atom. The van der Waals surface area contributed by atoms with E-state index >= 15 is 0 Å². The van der Waals surface area contributed by atoms with Crippen molar-refractivity contribution in [1.29, 1.82) is 0 Å². The summed E-state index contributed by atoms with van der Waals surface area (Å²) in [5.74, 6) is -0.422. The first-order chi connectivity index (χ1) is 8.19. The van der Waals surface area contributed by atoms with Gasteiger partial charge in [0.1, 0.15) is 6.04 Å². The summed E-state index contributed by atoms with van der Waals surface area (Å²) in [5, 5.41) is 5.49. The quantitative estimate of drug-likeness (QED) is 0.893. The number of hydrogen-bond acceptors (Lipinski definition) is 3. The van der Waals surface area contributed by atoms with Crippen LogP contribution in [0, 0.1) is 0 Å². The summed E-state index contributed by atoms with van der Waals surface area (Å²) in [7, 11) is 0. The normalized spacial score (nSPS) is 12.9. The number of halogens is 1. The van der Waals surface area contributed by atoms with Crippen LogP contribution in [0.4, 0.5) is 0 Å². The van der Waals surface area contributed by atoms with E-state index in [1.807, 2.05) is 20.8 Å². The monoisotopic (exact) mass is 332 g/mol. The third kappa shape index (κ3) is 4.78. The summed E-state index contributed by atoms with van der Waals surface area (Å²) in [6.45, 7) is 7.36. The molecule has 2 N–H and O–H groups in total. The van der Waals surface area contributed by atoms with Gasteiger partial charge in [0, 0.05) is 5.54 Å². The Balaban J connectivity index is 2.57. The zero-order valence-corrected chi connectivity index (χ0v) is 13.2. The summed E-state index contributed by atoms with van der Waals surface area (Å²) in [5.41, 5.74) is -0.304. The summed E-state index contributed by atoms with van der Waals surface area (Å²) in [6, 6.07) is 2.97. The average Bonchev–Trinajstić information content (AvgIpc) is 2.62. The van der Waals surface area contributed by atoms with Crippen molar-refractivity contribution < 1.29 is 9.59 Å². The highest BCUT2D eigenvalue weighted by Crippen LogP contribution is 2.21. The van der Waals surface area contributed by atoms with E-state index in [1.54, 1.807) is 19.1 Å². The van der Waals surface area contributed by atoms with Crippen LogP contribution in [0.15, 0.2) is 15.9 Å². The maximum Gasteiger partial charge on any atom is 0.262 e.